The van der Waals surface area contributed by atoms with Crippen molar-refractivity contribution in [1.29, 1.82) is 0 Å². The van der Waals surface area contributed by atoms with E-state index in [2.05, 4.69) is 6.58 Å². The number of carboxylic acids is 1. The third kappa shape index (κ3) is 4.01. The summed E-state index contributed by atoms with van der Waals surface area (Å²) in [5.74, 6) is -1.80. The fourth-order valence-corrected chi connectivity index (χ4v) is 3.73. The average Bonchev–Trinajstić information content (AvgIpc) is 2.54. The van der Waals surface area contributed by atoms with Crippen molar-refractivity contribution in [2.45, 2.75) is 52.4 Å². The summed E-state index contributed by atoms with van der Waals surface area (Å²) < 4.78 is 0. The first-order valence-electron chi connectivity index (χ1n) is 9.06. The van der Waals surface area contributed by atoms with E-state index in [1.165, 1.54) is 6.07 Å². The van der Waals surface area contributed by atoms with Crippen LogP contribution in [0.4, 0.5) is 0 Å². The lowest BCUT2D eigenvalue weighted by molar-refractivity contribution is 0.0692. The number of hydrogen-bond donors (Lipinski definition) is 3. The van der Waals surface area contributed by atoms with Gasteiger partial charge in [0.2, 0.25) is 0 Å². The number of phenols is 2. The van der Waals surface area contributed by atoms with Crippen LogP contribution in [0.25, 0.3) is 0 Å². The number of carboxylic acid groups (broad SMARTS) is 1. The molecule has 0 radical (unpaired) electrons. The number of benzene rings is 1. The molecule has 0 heterocycles. The SMILES string of the molecule is C=C(C)[C@@H]1CCC(C)=C[C@H]1c1c(O)cc(C/C=C/CC)c(C(=O)O)c1O. The molecule has 1 aliphatic carbocycles. The number of allylic oxidation sites excluding steroid dienone is 5. The van der Waals surface area contributed by atoms with Crippen LogP contribution in [0.2, 0.25) is 0 Å². The lowest BCUT2D eigenvalue weighted by atomic mass is 9.73. The second-order valence-electron chi connectivity index (χ2n) is 7.11. The predicted octanol–water partition coefficient (Wildman–Crippen LogP) is 5.32. The van der Waals surface area contributed by atoms with Crippen molar-refractivity contribution in [3.63, 3.8) is 0 Å². The summed E-state index contributed by atoms with van der Waals surface area (Å²) in [6, 6.07) is 1.48. The highest BCUT2D eigenvalue weighted by Gasteiger charge is 2.32. The molecular formula is C22H28O4. The van der Waals surface area contributed by atoms with E-state index in [-0.39, 0.29) is 34.5 Å². The Morgan fingerprint density at radius 1 is 1.35 bits per heavy atom. The van der Waals surface area contributed by atoms with Gasteiger partial charge in [0.25, 0.3) is 0 Å². The number of phenolic OH excluding ortho intramolecular Hbond substituents is 1. The van der Waals surface area contributed by atoms with Crippen LogP contribution in [0.3, 0.4) is 0 Å². The van der Waals surface area contributed by atoms with E-state index in [0.29, 0.717) is 12.0 Å². The molecule has 0 amide bonds. The Balaban J connectivity index is 2.63. The van der Waals surface area contributed by atoms with Crippen molar-refractivity contribution in [2.75, 3.05) is 0 Å². The van der Waals surface area contributed by atoms with Crippen LogP contribution >= 0.6 is 0 Å². The topological polar surface area (TPSA) is 77.8 Å². The minimum absolute atomic E-state index is 0.0583. The van der Waals surface area contributed by atoms with Crippen LogP contribution in [-0.2, 0) is 6.42 Å². The number of aromatic carboxylic acids is 1. The Kier molecular flexibility index (Phi) is 6.30. The molecule has 4 nitrogen and oxygen atoms in total. The Bertz CT molecular complexity index is 771. The highest BCUT2D eigenvalue weighted by Crippen LogP contribution is 2.48. The van der Waals surface area contributed by atoms with Gasteiger partial charge >= 0.3 is 5.97 Å². The molecule has 140 valence electrons. The fraction of sp³-hybridized carbons (Fsp3) is 0.409. The van der Waals surface area contributed by atoms with Crippen LogP contribution in [-0.4, -0.2) is 21.3 Å². The van der Waals surface area contributed by atoms with Gasteiger partial charge in [-0.15, -0.1) is 0 Å². The lowest BCUT2D eigenvalue weighted by Gasteiger charge is -2.32. The van der Waals surface area contributed by atoms with Crippen molar-refractivity contribution >= 4 is 5.97 Å². The van der Waals surface area contributed by atoms with E-state index in [1.54, 1.807) is 0 Å². The smallest absolute Gasteiger partial charge is 0.339 e. The highest BCUT2D eigenvalue weighted by atomic mass is 16.4. The zero-order valence-corrected chi connectivity index (χ0v) is 15.7. The minimum atomic E-state index is -1.19. The molecule has 0 saturated carbocycles. The van der Waals surface area contributed by atoms with Gasteiger partial charge < -0.3 is 15.3 Å². The van der Waals surface area contributed by atoms with Crippen LogP contribution in [0.5, 0.6) is 11.5 Å². The molecular weight excluding hydrogens is 328 g/mol. The molecule has 1 aromatic carbocycles. The Labute approximate surface area is 155 Å². The monoisotopic (exact) mass is 356 g/mol. The predicted molar refractivity (Wildman–Crippen MR) is 104 cm³/mol. The van der Waals surface area contributed by atoms with Crippen LogP contribution in [0.1, 0.15) is 67.4 Å². The molecule has 0 fully saturated rings. The van der Waals surface area contributed by atoms with Gasteiger partial charge in [0.05, 0.1) is 0 Å². The highest BCUT2D eigenvalue weighted by molar-refractivity contribution is 5.94. The number of rotatable bonds is 6. The van der Waals surface area contributed by atoms with Gasteiger partial charge in [-0.25, -0.2) is 4.79 Å². The summed E-state index contributed by atoms with van der Waals surface area (Å²) in [7, 11) is 0. The van der Waals surface area contributed by atoms with Crippen molar-refractivity contribution in [2.24, 2.45) is 5.92 Å². The summed E-state index contributed by atoms with van der Waals surface area (Å²) in [4.78, 5) is 11.8. The van der Waals surface area contributed by atoms with Crippen LogP contribution in [0.15, 0.2) is 42.0 Å². The molecule has 0 bridgehead atoms. The summed E-state index contributed by atoms with van der Waals surface area (Å²) in [6.07, 6.45) is 8.77. The Morgan fingerprint density at radius 3 is 2.62 bits per heavy atom. The quantitative estimate of drug-likeness (QED) is 0.603. The molecule has 0 aliphatic heterocycles. The van der Waals surface area contributed by atoms with Crippen LogP contribution in [0, 0.1) is 5.92 Å². The van der Waals surface area contributed by atoms with Gasteiger partial charge in [0.15, 0.2) is 0 Å². The first-order chi connectivity index (χ1) is 12.3. The summed E-state index contributed by atoms with van der Waals surface area (Å²) in [5, 5.41) is 31.1. The summed E-state index contributed by atoms with van der Waals surface area (Å²) >= 11 is 0. The van der Waals surface area contributed by atoms with Gasteiger partial charge in [0.1, 0.15) is 17.1 Å². The van der Waals surface area contributed by atoms with E-state index in [4.69, 9.17) is 0 Å². The van der Waals surface area contributed by atoms with Gasteiger partial charge in [-0.3, -0.25) is 0 Å². The van der Waals surface area contributed by atoms with Crippen molar-refractivity contribution in [1.82, 2.24) is 0 Å². The van der Waals surface area contributed by atoms with Gasteiger partial charge in [-0.1, -0.05) is 42.9 Å². The molecule has 4 heteroatoms. The molecule has 0 unspecified atom stereocenters. The number of carbonyl (C=O) groups is 1. The molecule has 1 aromatic rings. The van der Waals surface area contributed by atoms with Crippen LogP contribution < -0.4 is 0 Å². The standard InChI is InChI=1S/C22H28O4/c1-5-6-7-8-15-12-18(23)20(21(24)19(15)22(25)26)17-11-14(4)9-10-16(17)13(2)3/h6-7,11-12,16-17,23-24H,2,5,8-10H2,1,3-4H3,(H,25,26)/b7-6+/t16-,17+/m0/s1. The molecule has 26 heavy (non-hydrogen) atoms. The zero-order chi connectivity index (χ0) is 19.4. The third-order valence-electron chi connectivity index (χ3n) is 5.07. The molecule has 1 aliphatic rings. The molecule has 0 saturated heterocycles. The van der Waals surface area contributed by atoms with Crippen molar-refractivity contribution in [3.8, 4) is 11.5 Å². The van der Waals surface area contributed by atoms with E-state index in [0.717, 1.165) is 30.4 Å². The molecule has 2 atom stereocenters. The maximum atomic E-state index is 11.8. The zero-order valence-electron chi connectivity index (χ0n) is 15.7. The number of hydrogen-bond acceptors (Lipinski definition) is 3. The largest absolute Gasteiger partial charge is 0.507 e. The molecule has 3 N–H and O–H groups in total. The minimum Gasteiger partial charge on any atom is -0.507 e. The molecule has 0 aromatic heterocycles. The second-order valence-corrected chi connectivity index (χ2v) is 7.11. The molecule has 0 spiro atoms. The van der Waals surface area contributed by atoms with E-state index in [9.17, 15) is 20.1 Å². The number of aromatic hydroxyl groups is 2. The Hall–Kier alpha value is -2.49. The molecule has 2 rings (SSSR count). The lowest BCUT2D eigenvalue weighted by Crippen LogP contribution is -2.18. The van der Waals surface area contributed by atoms with E-state index >= 15 is 0 Å². The summed E-state index contributed by atoms with van der Waals surface area (Å²) in [6.45, 7) is 9.98. The average molecular weight is 356 g/mol. The first-order valence-corrected chi connectivity index (χ1v) is 9.06. The van der Waals surface area contributed by atoms with Gasteiger partial charge in [-0.2, -0.15) is 0 Å². The van der Waals surface area contributed by atoms with Gasteiger partial charge in [0, 0.05) is 11.5 Å². The third-order valence-corrected chi connectivity index (χ3v) is 5.07. The van der Waals surface area contributed by atoms with Crippen molar-refractivity contribution in [3.05, 3.63) is 58.7 Å². The van der Waals surface area contributed by atoms with Crippen molar-refractivity contribution < 1.29 is 20.1 Å². The Morgan fingerprint density at radius 2 is 2.04 bits per heavy atom. The fourth-order valence-electron chi connectivity index (χ4n) is 3.73. The van der Waals surface area contributed by atoms with Gasteiger partial charge in [-0.05, 0) is 57.1 Å². The first kappa shape index (κ1) is 19.8. The van der Waals surface area contributed by atoms with E-state index in [1.807, 2.05) is 39.0 Å². The summed E-state index contributed by atoms with van der Waals surface area (Å²) in [5.41, 5.74) is 2.69. The normalized spacial score (nSPS) is 20.2. The maximum absolute atomic E-state index is 11.8. The second kappa shape index (κ2) is 8.26. The maximum Gasteiger partial charge on any atom is 0.339 e. The van der Waals surface area contributed by atoms with E-state index < -0.39 is 5.97 Å².